The Morgan fingerprint density at radius 1 is 1.33 bits per heavy atom. The Hall–Kier alpha value is -1.10. The smallest absolute Gasteiger partial charge is 0.329 e. The van der Waals surface area contributed by atoms with E-state index in [0.29, 0.717) is 18.9 Å². The minimum Gasteiger partial charge on any atom is -0.480 e. The van der Waals surface area contributed by atoms with E-state index in [-0.39, 0.29) is 5.91 Å². The molecule has 2 atom stereocenters. The number of aliphatic carboxylic acids is 1. The van der Waals surface area contributed by atoms with Crippen molar-refractivity contribution in [3.05, 3.63) is 0 Å². The van der Waals surface area contributed by atoms with Crippen LogP contribution in [0.5, 0.6) is 0 Å². The highest BCUT2D eigenvalue weighted by atomic mass is 16.5. The van der Waals surface area contributed by atoms with Crippen LogP contribution in [-0.2, 0) is 14.3 Å². The van der Waals surface area contributed by atoms with Gasteiger partial charge in [-0.25, -0.2) is 4.79 Å². The van der Waals surface area contributed by atoms with Crippen molar-refractivity contribution >= 4 is 11.9 Å². The lowest BCUT2D eigenvalue weighted by Crippen LogP contribution is -2.54. The standard InChI is InChI=1S/C13H25NO4/c1-6-13(5,12(16)17)14-11(15)10(4)18-8-7-9(2)3/h9-10H,6-8H2,1-5H3,(H,14,15)(H,16,17). The van der Waals surface area contributed by atoms with Crippen LogP contribution in [-0.4, -0.2) is 35.2 Å². The van der Waals surface area contributed by atoms with Crippen molar-refractivity contribution in [2.75, 3.05) is 6.61 Å². The van der Waals surface area contributed by atoms with Crippen LogP contribution in [0, 0.1) is 5.92 Å². The van der Waals surface area contributed by atoms with Crippen molar-refractivity contribution in [1.29, 1.82) is 0 Å². The summed E-state index contributed by atoms with van der Waals surface area (Å²) in [5, 5.41) is 11.6. The molecule has 1 amide bonds. The summed E-state index contributed by atoms with van der Waals surface area (Å²) in [5.74, 6) is -0.904. The first-order valence-electron chi connectivity index (χ1n) is 6.40. The maximum Gasteiger partial charge on any atom is 0.329 e. The number of carboxylic acids is 1. The molecule has 0 spiro atoms. The molecule has 2 N–H and O–H groups in total. The molecule has 0 aliphatic heterocycles. The summed E-state index contributed by atoms with van der Waals surface area (Å²) >= 11 is 0. The third-order valence-corrected chi connectivity index (χ3v) is 3.01. The lowest BCUT2D eigenvalue weighted by atomic mass is 9.99. The first kappa shape index (κ1) is 16.9. The van der Waals surface area contributed by atoms with Gasteiger partial charge in [0.25, 0.3) is 0 Å². The molecule has 0 radical (unpaired) electrons. The highest BCUT2D eigenvalue weighted by Gasteiger charge is 2.34. The number of hydrogen-bond acceptors (Lipinski definition) is 3. The van der Waals surface area contributed by atoms with Crippen molar-refractivity contribution in [1.82, 2.24) is 5.32 Å². The minimum absolute atomic E-state index is 0.326. The summed E-state index contributed by atoms with van der Waals surface area (Å²) in [4.78, 5) is 22.9. The topological polar surface area (TPSA) is 75.6 Å². The van der Waals surface area contributed by atoms with E-state index in [4.69, 9.17) is 9.84 Å². The Balaban J connectivity index is 4.26. The number of amides is 1. The van der Waals surface area contributed by atoms with Crippen LogP contribution in [0.1, 0.15) is 47.5 Å². The monoisotopic (exact) mass is 259 g/mol. The van der Waals surface area contributed by atoms with E-state index in [9.17, 15) is 9.59 Å². The molecule has 0 fully saturated rings. The molecular formula is C13H25NO4. The molecule has 18 heavy (non-hydrogen) atoms. The largest absolute Gasteiger partial charge is 0.480 e. The molecule has 0 bridgehead atoms. The third-order valence-electron chi connectivity index (χ3n) is 3.01. The van der Waals surface area contributed by atoms with Crippen LogP contribution in [0.25, 0.3) is 0 Å². The van der Waals surface area contributed by atoms with Gasteiger partial charge in [-0.15, -0.1) is 0 Å². The number of carbonyl (C=O) groups excluding carboxylic acids is 1. The number of carboxylic acid groups (broad SMARTS) is 1. The van der Waals surface area contributed by atoms with Crippen molar-refractivity contribution in [3.8, 4) is 0 Å². The summed E-state index contributed by atoms with van der Waals surface area (Å²) < 4.78 is 5.38. The average molecular weight is 259 g/mol. The van der Waals surface area contributed by atoms with Gasteiger partial charge in [0, 0.05) is 6.61 Å². The summed E-state index contributed by atoms with van der Waals surface area (Å²) in [5.41, 5.74) is -1.23. The van der Waals surface area contributed by atoms with E-state index in [2.05, 4.69) is 19.2 Å². The van der Waals surface area contributed by atoms with E-state index in [1.807, 2.05) is 0 Å². The zero-order valence-corrected chi connectivity index (χ0v) is 11.9. The summed E-state index contributed by atoms with van der Waals surface area (Å²) in [7, 11) is 0. The molecule has 0 aliphatic rings. The SMILES string of the molecule is CCC(C)(NC(=O)C(C)OCCC(C)C)C(=O)O. The maximum absolute atomic E-state index is 11.8. The van der Waals surface area contributed by atoms with E-state index in [0.717, 1.165) is 6.42 Å². The molecule has 0 saturated carbocycles. The quantitative estimate of drug-likeness (QED) is 0.697. The Bertz CT molecular complexity index is 291. The van der Waals surface area contributed by atoms with Crippen LogP contribution >= 0.6 is 0 Å². The summed E-state index contributed by atoms with van der Waals surface area (Å²) in [6.07, 6.45) is 0.572. The molecule has 0 saturated heterocycles. The van der Waals surface area contributed by atoms with Crippen molar-refractivity contribution in [2.24, 2.45) is 5.92 Å². The number of nitrogens with one attached hydrogen (secondary N) is 1. The molecule has 5 nitrogen and oxygen atoms in total. The number of hydrogen-bond donors (Lipinski definition) is 2. The Labute approximate surface area is 109 Å². The zero-order chi connectivity index (χ0) is 14.3. The second kappa shape index (κ2) is 7.36. The van der Waals surface area contributed by atoms with Crippen LogP contribution in [0.15, 0.2) is 0 Å². The molecule has 0 heterocycles. The van der Waals surface area contributed by atoms with Gasteiger partial charge in [0.05, 0.1) is 0 Å². The normalized spacial score (nSPS) is 16.1. The highest BCUT2D eigenvalue weighted by molar-refractivity contribution is 5.88. The average Bonchev–Trinajstić information content (AvgIpc) is 2.27. The molecule has 0 aromatic rings. The molecule has 106 valence electrons. The van der Waals surface area contributed by atoms with E-state index in [1.165, 1.54) is 6.92 Å². The van der Waals surface area contributed by atoms with Gasteiger partial charge in [-0.3, -0.25) is 4.79 Å². The van der Waals surface area contributed by atoms with Crippen LogP contribution in [0.4, 0.5) is 0 Å². The van der Waals surface area contributed by atoms with Crippen LogP contribution in [0.2, 0.25) is 0 Å². The lowest BCUT2D eigenvalue weighted by molar-refractivity contribution is -0.149. The fourth-order valence-corrected chi connectivity index (χ4v) is 1.22. The van der Waals surface area contributed by atoms with Gasteiger partial charge in [0.2, 0.25) is 5.91 Å². The van der Waals surface area contributed by atoms with E-state index in [1.54, 1.807) is 13.8 Å². The van der Waals surface area contributed by atoms with Gasteiger partial charge < -0.3 is 15.2 Å². The van der Waals surface area contributed by atoms with Gasteiger partial charge in [0.15, 0.2) is 0 Å². The second-order valence-corrected chi connectivity index (χ2v) is 5.18. The molecule has 5 heteroatoms. The first-order valence-corrected chi connectivity index (χ1v) is 6.40. The molecule has 0 aromatic carbocycles. The van der Waals surface area contributed by atoms with Crippen LogP contribution in [0.3, 0.4) is 0 Å². The Kier molecular flexibility index (Phi) is 6.91. The molecule has 0 rings (SSSR count). The van der Waals surface area contributed by atoms with Gasteiger partial charge >= 0.3 is 5.97 Å². The summed E-state index contributed by atoms with van der Waals surface area (Å²) in [6, 6.07) is 0. The predicted molar refractivity (Wildman–Crippen MR) is 69.3 cm³/mol. The number of rotatable bonds is 8. The third kappa shape index (κ3) is 5.49. The molecule has 0 aromatic heterocycles. The second-order valence-electron chi connectivity index (χ2n) is 5.18. The number of ether oxygens (including phenoxy) is 1. The van der Waals surface area contributed by atoms with E-state index >= 15 is 0 Å². The minimum atomic E-state index is -1.23. The van der Waals surface area contributed by atoms with Gasteiger partial charge in [-0.2, -0.15) is 0 Å². The zero-order valence-electron chi connectivity index (χ0n) is 11.9. The van der Waals surface area contributed by atoms with E-state index < -0.39 is 17.6 Å². The van der Waals surface area contributed by atoms with Crippen molar-refractivity contribution in [3.63, 3.8) is 0 Å². The fraction of sp³-hybridized carbons (Fsp3) is 0.846. The van der Waals surface area contributed by atoms with Gasteiger partial charge in [-0.05, 0) is 32.6 Å². The highest BCUT2D eigenvalue weighted by Crippen LogP contribution is 2.10. The summed E-state index contributed by atoms with van der Waals surface area (Å²) in [6.45, 7) is 9.50. The van der Waals surface area contributed by atoms with Crippen LogP contribution < -0.4 is 5.32 Å². The fourth-order valence-electron chi connectivity index (χ4n) is 1.22. The van der Waals surface area contributed by atoms with Gasteiger partial charge in [0.1, 0.15) is 11.6 Å². The Morgan fingerprint density at radius 2 is 1.89 bits per heavy atom. The lowest BCUT2D eigenvalue weighted by Gasteiger charge is -2.26. The van der Waals surface area contributed by atoms with Crippen molar-refractivity contribution < 1.29 is 19.4 Å². The molecular weight excluding hydrogens is 234 g/mol. The predicted octanol–water partition coefficient (Wildman–Crippen LogP) is 1.81. The van der Waals surface area contributed by atoms with Crippen molar-refractivity contribution in [2.45, 2.75) is 59.1 Å². The van der Waals surface area contributed by atoms with Gasteiger partial charge in [-0.1, -0.05) is 20.8 Å². The molecule has 2 unspecified atom stereocenters. The molecule has 0 aliphatic carbocycles. The number of carbonyl (C=O) groups is 2. The first-order chi connectivity index (χ1) is 8.23. The Morgan fingerprint density at radius 3 is 2.28 bits per heavy atom. The maximum atomic E-state index is 11.8.